The summed E-state index contributed by atoms with van der Waals surface area (Å²) >= 11 is 0. The molecule has 0 amide bonds. The summed E-state index contributed by atoms with van der Waals surface area (Å²) in [5.41, 5.74) is 3.44. The van der Waals surface area contributed by atoms with Crippen molar-refractivity contribution < 1.29 is 0 Å². The second-order valence-corrected chi connectivity index (χ2v) is 4.54. The van der Waals surface area contributed by atoms with Gasteiger partial charge in [-0.15, -0.1) is 0 Å². The number of nitrogens with zero attached hydrogens (tertiary/aromatic N) is 3. The Morgan fingerprint density at radius 3 is 2.63 bits per heavy atom. The Bertz CT molecular complexity index is 566. The van der Waals surface area contributed by atoms with Gasteiger partial charge in [0.15, 0.2) is 0 Å². The Kier molecular flexibility index (Phi) is 3.85. The monoisotopic (exact) mass is 257 g/mol. The molecule has 0 spiro atoms. The van der Waals surface area contributed by atoms with E-state index in [4.69, 9.17) is 0 Å². The summed E-state index contributed by atoms with van der Waals surface area (Å²) in [5, 5.41) is 6.20. The van der Waals surface area contributed by atoms with E-state index >= 15 is 0 Å². The standard InChI is InChI=1S/C14H19N5/c1-10-5-6-11(9-12(10)19(3)4)17-13-7-8-16-14(15-2)18-13/h5-9H,1-4H3,(H2,15,16,17,18). The molecule has 1 aromatic heterocycles. The smallest absolute Gasteiger partial charge is 0.224 e. The maximum absolute atomic E-state index is 4.34. The van der Waals surface area contributed by atoms with Crippen LogP contribution in [0.1, 0.15) is 5.56 Å². The number of anilines is 4. The van der Waals surface area contributed by atoms with Crippen molar-refractivity contribution in [2.24, 2.45) is 0 Å². The van der Waals surface area contributed by atoms with Gasteiger partial charge >= 0.3 is 0 Å². The highest BCUT2D eigenvalue weighted by Gasteiger charge is 2.04. The predicted molar refractivity (Wildman–Crippen MR) is 80.4 cm³/mol. The fraction of sp³-hybridized carbons (Fsp3) is 0.286. The fourth-order valence-electron chi connectivity index (χ4n) is 1.87. The maximum atomic E-state index is 4.34. The van der Waals surface area contributed by atoms with Gasteiger partial charge in [0, 0.05) is 38.7 Å². The van der Waals surface area contributed by atoms with E-state index in [2.05, 4.69) is 44.6 Å². The molecule has 5 heteroatoms. The van der Waals surface area contributed by atoms with Crippen molar-refractivity contribution in [1.29, 1.82) is 0 Å². The summed E-state index contributed by atoms with van der Waals surface area (Å²) in [5.74, 6) is 1.37. The molecule has 2 aromatic rings. The zero-order valence-corrected chi connectivity index (χ0v) is 11.7. The van der Waals surface area contributed by atoms with Crippen molar-refractivity contribution in [3.63, 3.8) is 0 Å². The molecule has 2 N–H and O–H groups in total. The quantitative estimate of drug-likeness (QED) is 0.882. The van der Waals surface area contributed by atoms with E-state index in [9.17, 15) is 0 Å². The molecule has 1 aromatic carbocycles. The average molecular weight is 257 g/mol. The van der Waals surface area contributed by atoms with Crippen LogP contribution in [0, 0.1) is 6.92 Å². The lowest BCUT2D eigenvalue weighted by Gasteiger charge is -2.17. The number of aromatic nitrogens is 2. The first-order valence-electron chi connectivity index (χ1n) is 6.16. The first kappa shape index (κ1) is 13.1. The van der Waals surface area contributed by atoms with E-state index in [0.717, 1.165) is 11.5 Å². The van der Waals surface area contributed by atoms with Gasteiger partial charge in [-0.2, -0.15) is 4.98 Å². The number of aryl methyl sites for hydroxylation is 1. The highest BCUT2D eigenvalue weighted by Crippen LogP contribution is 2.24. The molecule has 0 unspecified atom stereocenters. The Hall–Kier alpha value is -2.30. The van der Waals surface area contributed by atoms with Gasteiger partial charge in [0.1, 0.15) is 5.82 Å². The normalized spacial score (nSPS) is 10.1. The van der Waals surface area contributed by atoms with Gasteiger partial charge in [0.05, 0.1) is 0 Å². The molecule has 5 nitrogen and oxygen atoms in total. The van der Waals surface area contributed by atoms with Crippen LogP contribution in [0.3, 0.4) is 0 Å². The Balaban J connectivity index is 2.25. The number of benzene rings is 1. The van der Waals surface area contributed by atoms with Crippen molar-refractivity contribution >= 4 is 23.1 Å². The van der Waals surface area contributed by atoms with E-state index in [1.54, 1.807) is 13.2 Å². The second kappa shape index (κ2) is 5.56. The third-order valence-electron chi connectivity index (χ3n) is 2.84. The molecule has 0 aliphatic rings. The van der Waals surface area contributed by atoms with Crippen LogP contribution in [-0.4, -0.2) is 31.1 Å². The van der Waals surface area contributed by atoms with E-state index in [0.29, 0.717) is 5.95 Å². The zero-order valence-electron chi connectivity index (χ0n) is 11.7. The van der Waals surface area contributed by atoms with Crippen molar-refractivity contribution in [3.05, 3.63) is 36.0 Å². The number of rotatable bonds is 4. The van der Waals surface area contributed by atoms with Gasteiger partial charge < -0.3 is 15.5 Å². The second-order valence-electron chi connectivity index (χ2n) is 4.54. The summed E-state index contributed by atoms with van der Waals surface area (Å²) < 4.78 is 0. The van der Waals surface area contributed by atoms with Crippen molar-refractivity contribution in [1.82, 2.24) is 9.97 Å². The van der Waals surface area contributed by atoms with Gasteiger partial charge in [-0.1, -0.05) is 6.07 Å². The van der Waals surface area contributed by atoms with Crippen molar-refractivity contribution in [2.45, 2.75) is 6.92 Å². The molecule has 0 aliphatic heterocycles. The molecule has 1 heterocycles. The van der Waals surface area contributed by atoms with Crippen molar-refractivity contribution in [2.75, 3.05) is 36.7 Å². The summed E-state index contributed by atoms with van der Waals surface area (Å²) in [7, 11) is 5.88. The highest BCUT2D eigenvalue weighted by molar-refractivity contribution is 5.66. The predicted octanol–water partition coefficient (Wildman–Crippen LogP) is 2.64. The minimum absolute atomic E-state index is 0.602. The molecule has 2 rings (SSSR count). The third kappa shape index (κ3) is 3.13. The SMILES string of the molecule is CNc1nccc(Nc2ccc(C)c(N(C)C)c2)n1. The molecule has 0 saturated carbocycles. The van der Waals surface area contributed by atoms with Crippen LogP contribution in [0.5, 0.6) is 0 Å². The molecule has 0 bridgehead atoms. The molecule has 0 atom stereocenters. The lowest BCUT2D eigenvalue weighted by molar-refractivity contribution is 1.11. The first-order valence-corrected chi connectivity index (χ1v) is 6.16. The number of hydrogen-bond acceptors (Lipinski definition) is 5. The largest absolute Gasteiger partial charge is 0.377 e. The number of hydrogen-bond donors (Lipinski definition) is 2. The van der Waals surface area contributed by atoms with Gasteiger partial charge in [0.2, 0.25) is 5.95 Å². The third-order valence-corrected chi connectivity index (χ3v) is 2.84. The first-order chi connectivity index (χ1) is 9.10. The summed E-state index contributed by atoms with van der Waals surface area (Å²) in [4.78, 5) is 10.5. The fourth-order valence-corrected chi connectivity index (χ4v) is 1.87. The van der Waals surface area contributed by atoms with Crippen LogP contribution < -0.4 is 15.5 Å². The lowest BCUT2D eigenvalue weighted by atomic mass is 10.1. The molecule has 0 aliphatic carbocycles. The van der Waals surface area contributed by atoms with Gasteiger partial charge in [-0.3, -0.25) is 0 Å². The van der Waals surface area contributed by atoms with Gasteiger partial charge in [-0.05, 0) is 30.7 Å². The van der Waals surface area contributed by atoms with Gasteiger partial charge in [-0.25, -0.2) is 4.98 Å². The molecule has 100 valence electrons. The van der Waals surface area contributed by atoms with E-state index in [1.807, 2.05) is 26.2 Å². The van der Waals surface area contributed by atoms with Gasteiger partial charge in [0.25, 0.3) is 0 Å². The highest BCUT2D eigenvalue weighted by atomic mass is 15.1. The van der Waals surface area contributed by atoms with Crippen LogP contribution in [0.25, 0.3) is 0 Å². The van der Waals surface area contributed by atoms with Crippen LogP contribution in [0.2, 0.25) is 0 Å². The van der Waals surface area contributed by atoms with Crippen molar-refractivity contribution in [3.8, 4) is 0 Å². The van der Waals surface area contributed by atoms with Crippen LogP contribution in [0.15, 0.2) is 30.5 Å². The molecular formula is C14H19N5. The number of nitrogens with one attached hydrogen (secondary N) is 2. The average Bonchev–Trinajstić information content (AvgIpc) is 2.41. The summed E-state index contributed by atoms with van der Waals surface area (Å²) in [6.07, 6.45) is 1.72. The minimum atomic E-state index is 0.602. The van der Waals surface area contributed by atoms with Crippen LogP contribution in [-0.2, 0) is 0 Å². The van der Waals surface area contributed by atoms with Crippen LogP contribution in [0.4, 0.5) is 23.1 Å². The maximum Gasteiger partial charge on any atom is 0.224 e. The topological polar surface area (TPSA) is 53.1 Å². The van der Waals surface area contributed by atoms with E-state index in [1.165, 1.54) is 11.3 Å². The molecule has 0 fully saturated rings. The summed E-state index contributed by atoms with van der Waals surface area (Å²) in [6.45, 7) is 2.10. The van der Waals surface area contributed by atoms with E-state index < -0.39 is 0 Å². The lowest BCUT2D eigenvalue weighted by Crippen LogP contribution is -2.10. The molecule has 0 radical (unpaired) electrons. The van der Waals surface area contributed by atoms with Crippen LogP contribution >= 0.6 is 0 Å². The summed E-state index contributed by atoms with van der Waals surface area (Å²) in [6, 6.07) is 8.09. The van der Waals surface area contributed by atoms with E-state index in [-0.39, 0.29) is 0 Å². The molecular weight excluding hydrogens is 238 g/mol. The Morgan fingerprint density at radius 1 is 1.16 bits per heavy atom. The Labute approximate surface area is 113 Å². The molecule has 0 saturated heterocycles. The zero-order chi connectivity index (χ0) is 13.8. The minimum Gasteiger partial charge on any atom is -0.377 e. The Morgan fingerprint density at radius 2 is 1.95 bits per heavy atom. The molecule has 19 heavy (non-hydrogen) atoms.